The van der Waals surface area contributed by atoms with E-state index in [-0.39, 0.29) is 22.2 Å². The van der Waals surface area contributed by atoms with Gasteiger partial charge in [-0.15, -0.1) is 0 Å². The Bertz CT molecular complexity index is 1030. The van der Waals surface area contributed by atoms with Gasteiger partial charge in [-0.3, -0.25) is 14.9 Å². The van der Waals surface area contributed by atoms with Crippen LogP contribution in [0.3, 0.4) is 0 Å². The Morgan fingerprint density at radius 1 is 1.18 bits per heavy atom. The molecule has 0 radical (unpaired) electrons. The summed E-state index contributed by atoms with van der Waals surface area (Å²) in [6.07, 6.45) is 0. The average molecular weight is 415 g/mol. The molecule has 142 valence electrons. The van der Waals surface area contributed by atoms with Gasteiger partial charge in [0, 0.05) is 22.3 Å². The van der Waals surface area contributed by atoms with E-state index >= 15 is 0 Å². The number of nitrogens with zero attached hydrogens (tertiary/aromatic N) is 3. The summed E-state index contributed by atoms with van der Waals surface area (Å²) >= 11 is 6.94. The smallest absolute Gasteiger partial charge is 0.294 e. The zero-order valence-corrected chi connectivity index (χ0v) is 16.3. The number of rotatable bonds is 6. The van der Waals surface area contributed by atoms with Crippen molar-refractivity contribution >= 4 is 40.6 Å². The predicted molar refractivity (Wildman–Crippen MR) is 110 cm³/mol. The first-order valence-electron chi connectivity index (χ1n) is 8.20. The van der Waals surface area contributed by atoms with Crippen molar-refractivity contribution in [1.29, 1.82) is 0 Å². The maximum absolute atomic E-state index is 12.2. The number of nitrogens with one attached hydrogen (secondary N) is 1. The maximum atomic E-state index is 12.2. The van der Waals surface area contributed by atoms with Gasteiger partial charge in [-0.05, 0) is 25.1 Å². The molecule has 1 amide bonds. The third-order valence-electron chi connectivity index (χ3n) is 3.67. The summed E-state index contributed by atoms with van der Waals surface area (Å²) in [5.41, 5.74) is 2.34. The van der Waals surface area contributed by atoms with Gasteiger partial charge in [0.05, 0.1) is 16.4 Å². The number of carbonyl (C=O) groups is 1. The van der Waals surface area contributed by atoms with Gasteiger partial charge in [-0.1, -0.05) is 53.7 Å². The van der Waals surface area contributed by atoms with Gasteiger partial charge in [0.1, 0.15) is 5.69 Å². The highest BCUT2D eigenvalue weighted by Gasteiger charge is 2.17. The van der Waals surface area contributed by atoms with Crippen LogP contribution in [0.15, 0.2) is 59.8 Å². The molecule has 0 aliphatic carbocycles. The third-order valence-corrected chi connectivity index (χ3v) is 4.75. The minimum atomic E-state index is -0.593. The highest BCUT2D eigenvalue weighted by molar-refractivity contribution is 7.99. The Morgan fingerprint density at radius 2 is 1.93 bits per heavy atom. The summed E-state index contributed by atoms with van der Waals surface area (Å²) in [5.74, 6) is -0.390. The van der Waals surface area contributed by atoms with Crippen molar-refractivity contribution < 1.29 is 9.72 Å². The molecule has 0 atom stereocenters. The second-order valence-corrected chi connectivity index (χ2v) is 7.18. The van der Waals surface area contributed by atoms with Gasteiger partial charge in [0.15, 0.2) is 5.16 Å². The van der Waals surface area contributed by atoms with Crippen LogP contribution in [-0.2, 0) is 4.79 Å². The number of hydrogen-bond acceptors (Lipinski definition) is 6. The molecule has 2 aromatic carbocycles. The fraction of sp³-hybridized carbons (Fsp3) is 0.105. The molecular formula is C19H15ClN4O3S. The monoisotopic (exact) mass is 414 g/mol. The number of aryl methyl sites for hydroxylation is 1. The molecule has 1 heterocycles. The molecule has 9 heteroatoms. The lowest BCUT2D eigenvalue weighted by atomic mass is 10.1. The molecule has 1 N–H and O–H groups in total. The van der Waals surface area contributed by atoms with E-state index in [1.165, 1.54) is 18.2 Å². The first kappa shape index (κ1) is 19.8. The van der Waals surface area contributed by atoms with Gasteiger partial charge in [-0.25, -0.2) is 9.97 Å². The number of aromatic nitrogens is 2. The summed E-state index contributed by atoms with van der Waals surface area (Å²) in [4.78, 5) is 31.6. The van der Waals surface area contributed by atoms with Crippen LogP contribution in [0.5, 0.6) is 0 Å². The van der Waals surface area contributed by atoms with Crippen molar-refractivity contribution in [3.63, 3.8) is 0 Å². The fourth-order valence-electron chi connectivity index (χ4n) is 2.44. The number of halogens is 1. The number of nitro groups is 1. The summed E-state index contributed by atoms with van der Waals surface area (Å²) in [6, 6.07) is 15.6. The Kier molecular flexibility index (Phi) is 6.23. The van der Waals surface area contributed by atoms with Crippen LogP contribution in [0.1, 0.15) is 5.69 Å². The second kappa shape index (κ2) is 8.81. The van der Waals surface area contributed by atoms with Gasteiger partial charge < -0.3 is 5.32 Å². The van der Waals surface area contributed by atoms with Crippen molar-refractivity contribution in [3.05, 3.63) is 75.4 Å². The molecule has 28 heavy (non-hydrogen) atoms. The summed E-state index contributed by atoms with van der Waals surface area (Å²) < 4.78 is 0. The van der Waals surface area contributed by atoms with E-state index in [0.29, 0.717) is 5.16 Å². The van der Waals surface area contributed by atoms with Crippen LogP contribution >= 0.6 is 23.4 Å². The minimum absolute atomic E-state index is 0.0114. The lowest BCUT2D eigenvalue weighted by Gasteiger charge is -2.07. The number of amides is 1. The first-order valence-corrected chi connectivity index (χ1v) is 9.56. The second-order valence-electron chi connectivity index (χ2n) is 5.80. The van der Waals surface area contributed by atoms with Crippen LogP contribution in [-0.4, -0.2) is 26.6 Å². The van der Waals surface area contributed by atoms with E-state index in [1.807, 2.05) is 43.3 Å². The summed E-state index contributed by atoms with van der Waals surface area (Å²) in [5, 5.41) is 14.3. The lowest BCUT2D eigenvalue weighted by Crippen LogP contribution is -2.15. The molecule has 0 unspecified atom stereocenters. The van der Waals surface area contributed by atoms with Gasteiger partial charge in [0.2, 0.25) is 5.91 Å². The topological polar surface area (TPSA) is 98.0 Å². The molecule has 0 aliphatic rings. The van der Waals surface area contributed by atoms with E-state index < -0.39 is 10.8 Å². The van der Waals surface area contributed by atoms with Crippen molar-refractivity contribution in [3.8, 4) is 11.3 Å². The fourth-order valence-corrected chi connectivity index (χ4v) is 3.31. The Labute approximate surface area is 170 Å². The number of anilines is 1. The molecule has 3 rings (SSSR count). The van der Waals surface area contributed by atoms with Crippen LogP contribution in [0.25, 0.3) is 11.3 Å². The van der Waals surface area contributed by atoms with E-state index in [0.717, 1.165) is 28.7 Å². The number of hydrogen-bond donors (Lipinski definition) is 1. The Morgan fingerprint density at radius 3 is 2.64 bits per heavy atom. The zero-order valence-electron chi connectivity index (χ0n) is 14.8. The van der Waals surface area contributed by atoms with Gasteiger partial charge >= 0.3 is 0 Å². The lowest BCUT2D eigenvalue weighted by molar-refractivity contribution is -0.383. The largest absolute Gasteiger partial charge is 0.320 e. The number of thioether (sulfide) groups is 1. The molecule has 0 spiro atoms. The summed E-state index contributed by atoms with van der Waals surface area (Å²) in [6.45, 7) is 1.86. The van der Waals surface area contributed by atoms with E-state index in [2.05, 4.69) is 15.3 Å². The minimum Gasteiger partial charge on any atom is -0.320 e. The molecule has 0 saturated carbocycles. The third kappa shape index (κ3) is 5.05. The first-order chi connectivity index (χ1) is 13.4. The SMILES string of the molecule is Cc1cc(-c2ccccc2)nc(SCC(=O)Nc2ccc(Cl)cc2[N+](=O)[O-])n1. The quantitative estimate of drug-likeness (QED) is 0.270. The van der Waals surface area contributed by atoms with E-state index in [9.17, 15) is 14.9 Å². The normalized spacial score (nSPS) is 10.5. The number of carbonyl (C=O) groups excluding carboxylic acids is 1. The van der Waals surface area contributed by atoms with Crippen LogP contribution in [0, 0.1) is 17.0 Å². The maximum Gasteiger partial charge on any atom is 0.294 e. The number of benzene rings is 2. The molecule has 1 aromatic heterocycles. The van der Waals surface area contributed by atoms with Crippen molar-refractivity contribution in [2.45, 2.75) is 12.1 Å². The van der Waals surface area contributed by atoms with Crippen molar-refractivity contribution in [2.24, 2.45) is 0 Å². The molecule has 0 fully saturated rings. The molecule has 0 saturated heterocycles. The highest BCUT2D eigenvalue weighted by Crippen LogP contribution is 2.28. The van der Waals surface area contributed by atoms with E-state index in [1.54, 1.807) is 0 Å². The van der Waals surface area contributed by atoms with Gasteiger partial charge in [0.25, 0.3) is 5.69 Å². The van der Waals surface area contributed by atoms with E-state index in [4.69, 9.17) is 11.6 Å². The average Bonchev–Trinajstić information content (AvgIpc) is 2.68. The predicted octanol–water partition coefficient (Wildman–Crippen LogP) is 4.74. The highest BCUT2D eigenvalue weighted by atomic mass is 35.5. The van der Waals surface area contributed by atoms with Crippen molar-refractivity contribution in [1.82, 2.24) is 9.97 Å². The van der Waals surface area contributed by atoms with Crippen LogP contribution in [0.4, 0.5) is 11.4 Å². The molecule has 0 bridgehead atoms. The zero-order chi connectivity index (χ0) is 20.1. The van der Waals surface area contributed by atoms with Crippen LogP contribution < -0.4 is 5.32 Å². The standard InChI is InChI=1S/C19H15ClN4O3S/c1-12-9-16(13-5-3-2-4-6-13)23-19(21-12)28-11-18(25)22-15-8-7-14(20)10-17(15)24(26)27/h2-10H,11H2,1H3,(H,22,25). The Hall–Kier alpha value is -2.97. The van der Waals surface area contributed by atoms with Crippen molar-refractivity contribution in [2.75, 3.05) is 11.1 Å². The van der Waals surface area contributed by atoms with Gasteiger partial charge in [-0.2, -0.15) is 0 Å². The van der Waals surface area contributed by atoms with Crippen LogP contribution in [0.2, 0.25) is 5.02 Å². The number of nitro benzene ring substituents is 1. The molecule has 0 aliphatic heterocycles. The molecule has 3 aromatic rings. The summed E-state index contributed by atoms with van der Waals surface area (Å²) in [7, 11) is 0. The molecule has 7 nitrogen and oxygen atoms in total. The Balaban J connectivity index is 1.70. The molecular weight excluding hydrogens is 400 g/mol.